The van der Waals surface area contributed by atoms with Crippen LogP contribution in [0, 0.1) is 5.82 Å². The van der Waals surface area contributed by atoms with E-state index in [0.29, 0.717) is 41.0 Å². The molecule has 0 bridgehead atoms. The van der Waals surface area contributed by atoms with Gasteiger partial charge in [-0.05, 0) is 73.6 Å². The largest absolute Gasteiger partial charge is 0.481 e. The van der Waals surface area contributed by atoms with Crippen LogP contribution in [0.25, 0.3) is 33.6 Å². The molecule has 5 rings (SSSR count). The van der Waals surface area contributed by atoms with E-state index in [0.717, 1.165) is 35.9 Å². The van der Waals surface area contributed by atoms with Gasteiger partial charge in [0.15, 0.2) is 0 Å². The minimum absolute atomic E-state index is 0.148. The number of rotatable bonds is 6. The smallest absolute Gasteiger partial charge is 0.303 e. The predicted octanol–water partition coefficient (Wildman–Crippen LogP) is 6.20. The highest BCUT2D eigenvalue weighted by Crippen LogP contribution is 2.37. The van der Waals surface area contributed by atoms with Crippen molar-refractivity contribution in [2.75, 3.05) is 0 Å². The van der Waals surface area contributed by atoms with Gasteiger partial charge in [0.1, 0.15) is 17.2 Å². The van der Waals surface area contributed by atoms with E-state index in [-0.39, 0.29) is 12.2 Å². The number of halogens is 1. The maximum atomic E-state index is 15.0. The molecule has 5 heteroatoms. The van der Waals surface area contributed by atoms with Gasteiger partial charge in [0, 0.05) is 28.6 Å². The minimum atomic E-state index is -0.787. The molecule has 0 atom stereocenters. The summed E-state index contributed by atoms with van der Waals surface area (Å²) < 4.78 is 21.0. The van der Waals surface area contributed by atoms with Crippen molar-refractivity contribution in [2.45, 2.75) is 38.5 Å². The Labute approximate surface area is 179 Å². The average Bonchev–Trinajstić information content (AvgIpc) is 3.39. The minimum Gasteiger partial charge on any atom is -0.481 e. The summed E-state index contributed by atoms with van der Waals surface area (Å²) in [4.78, 5) is 15.5. The second-order valence-corrected chi connectivity index (χ2v) is 8.05. The van der Waals surface area contributed by atoms with E-state index in [1.807, 2.05) is 36.4 Å². The molecule has 2 heterocycles. The summed E-state index contributed by atoms with van der Waals surface area (Å²) in [7, 11) is 0. The lowest BCUT2D eigenvalue weighted by Gasteiger charge is -2.10. The van der Waals surface area contributed by atoms with Crippen molar-refractivity contribution in [3.63, 3.8) is 0 Å². The average molecular weight is 415 g/mol. The molecule has 4 nitrogen and oxygen atoms in total. The van der Waals surface area contributed by atoms with Gasteiger partial charge in [0.25, 0.3) is 0 Å². The molecule has 0 radical (unpaired) electrons. The number of pyridine rings is 1. The van der Waals surface area contributed by atoms with Crippen LogP contribution >= 0.6 is 0 Å². The van der Waals surface area contributed by atoms with Crippen LogP contribution in [-0.4, -0.2) is 16.1 Å². The lowest BCUT2D eigenvalue weighted by Crippen LogP contribution is -1.95. The Hall–Kier alpha value is -3.47. The number of hydrogen-bond acceptors (Lipinski definition) is 3. The number of furan rings is 1. The monoisotopic (exact) mass is 415 g/mol. The van der Waals surface area contributed by atoms with E-state index >= 15 is 0 Å². The highest BCUT2D eigenvalue weighted by molar-refractivity contribution is 5.88. The zero-order valence-electron chi connectivity index (χ0n) is 17.0. The zero-order valence-corrected chi connectivity index (χ0v) is 17.0. The van der Waals surface area contributed by atoms with E-state index in [1.165, 1.54) is 11.6 Å². The number of benzene rings is 2. The van der Waals surface area contributed by atoms with E-state index in [2.05, 4.69) is 6.07 Å². The van der Waals surface area contributed by atoms with Crippen LogP contribution in [0.2, 0.25) is 0 Å². The quantitative estimate of drug-likeness (QED) is 0.407. The highest BCUT2D eigenvalue weighted by Gasteiger charge is 2.20. The number of aromatic nitrogens is 1. The molecule has 0 saturated carbocycles. The van der Waals surface area contributed by atoms with Crippen LogP contribution in [0.3, 0.4) is 0 Å². The molecule has 31 heavy (non-hydrogen) atoms. The summed E-state index contributed by atoms with van der Waals surface area (Å²) in [6, 6.07) is 16.7. The Morgan fingerprint density at radius 1 is 1.10 bits per heavy atom. The zero-order chi connectivity index (χ0) is 21.4. The first-order chi connectivity index (χ1) is 15.1. The third kappa shape index (κ3) is 3.83. The van der Waals surface area contributed by atoms with Gasteiger partial charge in [-0.25, -0.2) is 4.39 Å². The topological polar surface area (TPSA) is 63.3 Å². The van der Waals surface area contributed by atoms with Crippen LogP contribution in [0.5, 0.6) is 0 Å². The molecule has 2 aromatic carbocycles. The first-order valence-electron chi connectivity index (χ1n) is 10.6. The Balaban J connectivity index is 1.53. The number of aliphatic carboxylic acids is 1. The van der Waals surface area contributed by atoms with E-state index in [9.17, 15) is 9.18 Å². The molecule has 0 unspecified atom stereocenters. The highest BCUT2D eigenvalue weighted by atomic mass is 19.1. The predicted molar refractivity (Wildman–Crippen MR) is 117 cm³/mol. The van der Waals surface area contributed by atoms with Gasteiger partial charge < -0.3 is 9.52 Å². The Morgan fingerprint density at radius 3 is 2.87 bits per heavy atom. The van der Waals surface area contributed by atoms with Gasteiger partial charge in [0.05, 0.1) is 5.69 Å². The van der Waals surface area contributed by atoms with Crippen molar-refractivity contribution in [2.24, 2.45) is 0 Å². The van der Waals surface area contributed by atoms with Crippen LogP contribution in [0.4, 0.5) is 4.39 Å². The van der Waals surface area contributed by atoms with Crippen LogP contribution in [-0.2, 0) is 24.1 Å². The molecule has 1 N–H and O–H groups in total. The summed E-state index contributed by atoms with van der Waals surface area (Å²) in [5.74, 6) is -0.516. The van der Waals surface area contributed by atoms with Crippen LogP contribution in [0.1, 0.15) is 36.1 Å². The van der Waals surface area contributed by atoms with E-state index < -0.39 is 5.97 Å². The molecular formula is C26H22FNO3. The van der Waals surface area contributed by atoms with Gasteiger partial charge in [-0.15, -0.1) is 0 Å². The third-order valence-electron chi connectivity index (χ3n) is 5.90. The molecule has 4 aromatic rings. The second kappa shape index (κ2) is 7.99. The van der Waals surface area contributed by atoms with Gasteiger partial charge >= 0.3 is 5.97 Å². The van der Waals surface area contributed by atoms with Crippen molar-refractivity contribution >= 4 is 16.9 Å². The number of aryl methyl sites for hydroxylation is 3. The van der Waals surface area contributed by atoms with Crippen LogP contribution < -0.4 is 0 Å². The number of fused-ring (bicyclic) bond motifs is 2. The standard InChI is InChI=1S/C26H22FNO3/c27-20-7-3-6-19(26(20)22-12-11-17-5-2-8-21(17)28-22)24-15-18-14-16(4-1-9-25(29)30)10-13-23(18)31-24/h3,6-7,10-15H,1-2,4-5,8-9H2,(H,29,30). The summed E-state index contributed by atoms with van der Waals surface area (Å²) in [6.07, 6.45) is 4.48. The number of carboxylic acids is 1. The summed E-state index contributed by atoms with van der Waals surface area (Å²) in [5, 5.41) is 9.75. The van der Waals surface area contributed by atoms with Crippen molar-refractivity contribution in [3.05, 3.63) is 77.2 Å². The SMILES string of the molecule is O=C(O)CCCc1ccc2oc(-c3cccc(F)c3-c3ccc4c(n3)CCC4)cc2c1. The van der Waals surface area contributed by atoms with Crippen molar-refractivity contribution in [3.8, 4) is 22.6 Å². The first-order valence-corrected chi connectivity index (χ1v) is 10.6. The Morgan fingerprint density at radius 2 is 2.00 bits per heavy atom. The third-order valence-corrected chi connectivity index (χ3v) is 5.90. The number of hydrogen-bond donors (Lipinski definition) is 1. The molecule has 0 saturated heterocycles. The molecule has 0 amide bonds. The molecule has 0 spiro atoms. The van der Waals surface area contributed by atoms with Crippen molar-refractivity contribution in [1.82, 2.24) is 4.98 Å². The molecule has 0 fully saturated rings. The fraction of sp³-hybridized carbons (Fsp3) is 0.231. The van der Waals surface area contributed by atoms with Crippen molar-refractivity contribution in [1.29, 1.82) is 0 Å². The summed E-state index contributed by atoms with van der Waals surface area (Å²) in [5.41, 5.74) is 5.84. The lowest BCUT2D eigenvalue weighted by molar-refractivity contribution is -0.137. The molecule has 2 aromatic heterocycles. The molecule has 1 aliphatic carbocycles. The molecule has 1 aliphatic rings. The fourth-order valence-electron chi connectivity index (χ4n) is 4.37. The molecule has 156 valence electrons. The maximum Gasteiger partial charge on any atom is 0.303 e. The number of nitrogens with zero attached hydrogens (tertiary/aromatic N) is 1. The lowest BCUT2D eigenvalue weighted by atomic mass is 10.00. The second-order valence-electron chi connectivity index (χ2n) is 8.05. The fourth-order valence-corrected chi connectivity index (χ4v) is 4.37. The Bertz CT molecular complexity index is 1290. The van der Waals surface area contributed by atoms with Gasteiger partial charge in [-0.3, -0.25) is 9.78 Å². The van der Waals surface area contributed by atoms with Gasteiger partial charge in [0.2, 0.25) is 0 Å². The summed E-state index contributed by atoms with van der Waals surface area (Å²) in [6.45, 7) is 0. The van der Waals surface area contributed by atoms with E-state index in [4.69, 9.17) is 14.5 Å². The van der Waals surface area contributed by atoms with E-state index in [1.54, 1.807) is 6.07 Å². The van der Waals surface area contributed by atoms with Gasteiger partial charge in [-0.1, -0.05) is 24.3 Å². The normalized spacial score (nSPS) is 12.9. The number of carboxylic acid groups (broad SMARTS) is 1. The summed E-state index contributed by atoms with van der Waals surface area (Å²) >= 11 is 0. The molecule has 0 aliphatic heterocycles. The van der Waals surface area contributed by atoms with Crippen LogP contribution in [0.15, 0.2) is 59.0 Å². The molecular weight excluding hydrogens is 393 g/mol. The number of carbonyl (C=O) groups is 1. The first kappa shape index (κ1) is 19.5. The maximum absolute atomic E-state index is 15.0. The van der Waals surface area contributed by atoms with Gasteiger partial charge in [-0.2, -0.15) is 0 Å². The Kier molecular flexibility index (Phi) is 5.02. The van der Waals surface area contributed by atoms with Crippen molar-refractivity contribution < 1.29 is 18.7 Å².